The van der Waals surface area contributed by atoms with Crippen molar-refractivity contribution in [3.05, 3.63) is 24.5 Å². The van der Waals surface area contributed by atoms with Crippen LogP contribution >= 0.6 is 0 Å². The van der Waals surface area contributed by atoms with Gasteiger partial charge >= 0.3 is 11.8 Å². The van der Waals surface area contributed by atoms with Gasteiger partial charge in [-0.05, 0) is 31.9 Å². The highest BCUT2D eigenvalue weighted by molar-refractivity contribution is 6.39. The van der Waals surface area contributed by atoms with Crippen LogP contribution in [0.25, 0.3) is 0 Å². The van der Waals surface area contributed by atoms with Crippen molar-refractivity contribution in [3.63, 3.8) is 0 Å². The number of hydrogen-bond acceptors (Lipinski definition) is 4. The minimum atomic E-state index is -0.663. The van der Waals surface area contributed by atoms with Crippen LogP contribution in [-0.4, -0.2) is 46.0 Å². The van der Waals surface area contributed by atoms with Gasteiger partial charge in [-0.15, -0.1) is 0 Å². The number of nitrogens with one attached hydrogen (secondary N) is 1. The zero-order chi connectivity index (χ0) is 14.5. The lowest BCUT2D eigenvalue weighted by Gasteiger charge is -2.33. The Kier molecular flexibility index (Phi) is 4.68. The fourth-order valence-corrected chi connectivity index (χ4v) is 2.35. The van der Waals surface area contributed by atoms with E-state index in [0.717, 1.165) is 12.8 Å². The van der Waals surface area contributed by atoms with Gasteiger partial charge in [0.15, 0.2) is 0 Å². The van der Waals surface area contributed by atoms with Crippen LogP contribution in [0.2, 0.25) is 0 Å². The maximum Gasteiger partial charge on any atom is 0.313 e. The number of carbonyl (C=O) groups excluding carboxylic acids is 2. The van der Waals surface area contributed by atoms with Crippen molar-refractivity contribution in [2.45, 2.75) is 25.9 Å². The molecule has 0 bridgehead atoms. The molecule has 108 valence electrons. The Bertz CT molecular complexity index is 476. The Balaban J connectivity index is 1.95. The van der Waals surface area contributed by atoms with E-state index in [0.29, 0.717) is 18.8 Å². The fourth-order valence-electron chi connectivity index (χ4n) is 2.35. The molecule has 0 saturated carbocycles. The predicted molar refractivity (Wildman–Crippen MR) is 73.9 cm³/mol. The van der Waals surface area contributed by atoms with Crippen LogP contribution in [0.1, 0.15) is 19.8 Å². The van der Waals surface area contributed by atoms with Crippen LogP contribution in [0.4, 0.5) is 5.69 Å². The van der Waals surface area contributed by atoms with Crippen LogP contribution in [0.5, 0.6) is 0 Å². The second kappa shape index (κ2) is 6.47. The molecule has 0 radical (unpaired) electrons. The lowest BCUT2D eigenvalue weighted by atomic mass is 9.93. The summed E-state index contributed by atoms with van der Waals surface area (Å²) in [5.41, 5.74) is 0.495. The molecule has 6 heteroatoms. The molecule has 1 aromatic heterocycles. The van der Waals surface area contributed by atoms with E-state index >= 15 is 0 Å². The highest BCUT2D eigenvalue weighted by Crippen LogP contribution is 2.20. The third-order valence-electron chi connectivity index (χ3n) is 3.54. The summed E-state index contributed by atoms with van der Waals surface area (Å²) in [5, 5.41) is 12.1. The standard InChI is InChI=1S/C14H19N3O3/c1-10(18)11-4-3-7-17(9-11)14(20)13(19)16-12-5-2-6-15-8-12/h2,5-6,8,10-11,18H,3-4,7,9H2,1H3,(H,16,19). The number of aliphatic hydroxyl groups excluding tert-OH is 1. The average molecular weight is 277 g/mol. The Labute approximate surface area is 117 Å². The highest BCUT2D eigenvalue weighted by Gasteiger charge is 2.29. The van der Waals surface area contributed by atoms with Crippen molar-refractivity contribution in [1.82, 2.24) is 9.88 Å². The van der Waals surface area contributed by atoms with Gasteiger partial charge in [-0.25, -0.2) is 0 Å². The molecule has 2 atom stereocenters. The first-order valence-electron chi connectivity index (χ1n) is 6.76. The molecule has 20 heavy (non-hydrogen) atoms. The lowest BCUT2D eigenvalue weighted by Crippen LogP contribution is -2.47. The normalized spacial score (nSPS) is 20.3. The first kappa shape index (κ1) is 14.5. The van der Waals surface area contributed by atoms with Crippen LogP contribution in [0.3, 0.4) is 0 Å². The Morgan fingerprint density at radius 3 is 3.00 bits per heavy atom. The van der Waals surface area contributed by atoms with Crippen molar-refractivity contribution in [2.24, 2.45) is 5.92 Å². The van der Waals surface area contributed by atoms with E-state index < -0.39 is 17.9 Å². The van der Waals surface area contributed by atoms with Crippen LogP contribution in [0.15, 0.2) is 24.5 Å². The van der Waals surface area contributed by atoms with Crippen molar-refractivity contribution < 1.29 is 14.7 Å². The van der Waals surface area contributed by atoms with Gasteiger partial charge in [0.2, 0.25) is 0 Å². The summed E-state index contributed by atoms with van der Waals surface area (Å²) < 4.78 is 0. The predicted octanol–water partition coefficient (Wildman–Crippen LogP) is 0.639. The molecule has 2 heterocycles. The second-order valence-electron chi connectivity index (χ2n) is 5.09. The van der Waals surface area contributed by atoms with E-state index in [1.165, 1.54) is 11.1 Å². The number of hydrogen-bond donors (Lipinski definition) is 2. The Morgan fingerprint density at radius 1 is 1.55 bits per heavy atom. The molecule has 2 N–H and O–H groups in total. The topological polar surface area (TPSA) is 82.5 Å². The first-order chi connectivity index (χ1) is 9.58. The van der Waals surface area contributed by atoms with Gasteiger partial charge < -0.3 is 15.3 Å². The van der Waals surface area contributed by atoms with Gasteiger partial charge in [-0.2, -0.15) is 0 Å². The van der Waals surface area contributed by atoms with Gasteiger partial charge in [-0.1, -0.05) is 0 Å². The molecule has 2 amide bonds. The number of aromatic nitrogens is 1. The van der Waals surface area contributed by atoms with E-state index in [4.69, 9.17) is 0 Å². The summed E-state index contributed by atoms with van der Waals surface area (Å²) in [4.78, 5) is 29.4. The molecule has 2 rings (SSSR count). The fraction of sp³-hybridized carbons (Fsp3) is 0.500. The number of anilines is 1. The number of aliphatic hydroxyl groups is 1. The molecule has 0 spiro atoms. The van der Waals surface area contributed by atoms with Gasteiger partial charge in [0, 0.05) is 25.2 Å². The maximum atomic E-state index is 12.1. The molecular weight excluding hydrogens is 258 g/mol. The minimum absolute atomic E-state index is 0.0406. The number of pyridine rings is 1. The summed E-state index contributed by atoms with van der Waals surface area (Å²) in [6.07, 6.45) is 4.30. The van der Waals surface area contributed by atoms with E-state index in [2.05, 4.69) is 10.3 Å². The molecule has 6 nitrogen and oxygen atoms in total. The lowest BCUT2D eigenvalue weighted by molar-refractivity contribution is -0.144. The van der Waals surface area contributed by atoms with Crippen LogP contribution in [-0.2, 0) is 9.59 Å². The van der Waals surface area contributed by atoms with E-state index in [1.807, 2.05) is 0 Å². The van der Waals surface area contributed by atoms with Crippen molar-refractivity contribution in [1.29, 1.82) is 0 Å². The smallest absolute Gasteiger partial charge is 0.313 e. The number of rotatable bonds is 2. The third-order valence-corrected chi connectivity index (χ3v) is 3.54. The van der Waals surface area contributed by atoms with Gasteiger partial charge in [0.05, 0.1) is 18.0 Å². The van der Waals surface area contributed by atoms with E-state index in [-0.39, 0.29) is 5.92 Å². The molecule has 1 aliphatic rings. The molecular formula is C14H19N3O3. The Hall–Kier alpha value is -1.95. The summed E-state index contributed by atoms with van der Waals surface area (Å²) >= 11 is 0. The number of amides is 2. The van der Waals surface area contributed by atoms with Gasteiger partial charge in [-0.3, -0.25) is 14.6 Å². The number of carbonyl (C=O) groups is 2. The number of nitrogens with zero attached hydrogens (tertiary/aromatic N) is 2. The van der Waals surface area contributed by atoms with E-state index in [1.54, 1.807) is 25.3 Å². The van der Waals surface area contributed by atoms with Gasteiger partial charge in [0.25, 0.3) is 0 Å². The Morgan fingerprint density at radius 2 is 2.35 bits per heavy atom. The van der Waals surface area contributed by atoms with Gasteiger partial charge in [0.1, 0.15) is 0 Å². The molecule has 2 unspecified atom stereocenters. The molecule has 1 saturated heterocycles. The zero-order valence-corrected chi connectivity index (χ0v) is 11.5. The zero-order valence-electron chi connectivity index (χ0n) is 11.5. The minimum Gasteiger partial charge on any atom is -0.393 e. The third kappa shape index (κ3) is 3.54. The molecule has 0 aromatic carbocycles. The molecule has 1 fully saturated rings. The highest BCUT2D eigenvalue weighted by atomic mass is 16.3. The number of piperidine rings is 1. The summed E-state index contributed by atoms with van der Waals surface area (Å²) in [7, 11) is 0. The summed E-state index contributed by atoms with van der Waals surface area (Å²) in [6.45, 7) is 2.70. The SMILES string of the molecule is CC(O)C1CCCN(C(=O)C(=O)Nc2cccnc2)C1. The van der Waals surface area contributed by atoms with Crippen molar-refractivity contribution >= 4 is 17.5 Å². The summed E-state index contributed by atoms with van der Waals surface area (Å²) in [6, 6.07) is 3.36. The summed E-state index contributed by atoms with van der Waals surface area (Å²) in [5.74, 6) is -1.18. The monoisotopic (exact) mass is 277 g/mol. The first-order valence-corrected chi connectivity index (χ1v) is 6.76. The maximum absolute atomic E-state index is 12.1. The van der Waals surface area contributed by atoms with Crippen LogP contribution < -0.4 is 5.32 Å². The quantitative estimate of drug-likeness (QED) is 0.777. The average Bonchev–Trinajstić information content (AvgIpc) is 2.47. The van der Waals surface area contributed by atoms with Crippen LogP contribution in [0, 0.1) is 5.92 Å². The largest absolute Gasteiger partial charge is 0.393 e. The molecule has 1 aromatic rings. The van der Waals surface area contributed by atoms with Crippen molar-refractivity contribution in [3.8, 4) is 0 Å². The molecule has 0 aliphatic carbocycles. The number of likely N-dealkylation sites (tertiary alicyclic amines) is 1. The second-order valence-corrected chi connectivity index (χ2v) is 5.09. The van der Waals surface area contributed by atoms with Crippen molar-refractivity contribution in [2.75, 3.05) is 18.4 Å². The van der Waals surface area contributed by atoms with E-state index in [9.17, 15) is 14.7 Å². The molecule has 1 aliphatic heterocycles.